The summed E-state index contributed by atoms with van der Waals surface area (Å²) in [7, 11) is 0. The highest BCUT2D eigenvalue weighted by Crippen LogP contribution is 2.22. The summed E-state index contributed by atoms with van der Waals surface area (Å²) in [6, 6.07) is 8.35. The monoisotopic (exact) mass is 390 g/mol. The zero-order valence-electron chi connectivity index (χ0n) is 14.2. The lowest BCUT2D eigenvalue weighted by molar-refractivity contribution is -0.122. The van der Waals surface area contributed by atoms with Crippen molar-refractivity contribution in [2.45, 2.75) is 26.4 Å². The van der Waals surface area contributed by atoms with E-state index < -0.39 is 0 Å². The van der Waals surface area contributed by atoms with E-state index in [1.807, 2.05) is 13.8 Å². The van der Waals surface area contributed by atoms with Crippen molar-refractivity contribution in [1.29, 1.82) is 0 Å². The molecule has 2 aromatic heterocycles. The number of pyridine rings is 1. The topological polar surface area (TPSA) is 76.9 Å². The Morgan fingerprint density at radius 2 is 2.04 bits per heavy atom. The van der Waals surface area contributed by atoms with Crippen molar-refractivity contribution in [2.75, 3.05) is 0 Å². The largest absolute Gasteiger partial charge is 0.352 e. The molecular weight excluding hydrogens is 375 g/mol. The van der Waals surface area contributed by atoms with Crippen LogP contribution in [0.1, 0.15) is 13.8 Å². The predicted octanol–water partition coefficient (Wildman–Crippen LogP) is 3.29. The molecule has 0 radical (unpaired) electrons. The van der Waals surface area contributed by atoms with E-state index in [1.165, 1.54) is 16.8 Å². The first-order chi connectivity index (χ1) is 12.3. The SMILES string of the molecule is CC(C)NC(=O)Cn1c(-c2cccc(Cl)c2)nc2cnc(Cl)cc2c1=O. The molecule has 0 saturated carbocycles. The summed E-state index contributed by atoms with van der Waals surface area (Å²) in [4.78, 5) is 33.8. The summed E-state index contributed by atoms with van der Waals surface area (Å²) in [5.41, 5.74) is 0.659. The van der Waals surface area contributed by atoms with Crippen LogP contribution in [0, 0.1) is 0 Å². The van der Waals surface area contributed by atoms with Gasteiger partial charge < -0.3 is 5.32 Å². The van der Waals surface area contributed by atoms with E-state index in [-0.39, 0.29) is 29.2 Å². The molecular formula is C18H16Cl2N4O2. The summed E-state index contributed by atoms with van der Waals surface area (Å²) in [6.07, 6.45) is 1.44. The van der Waals surface area contributed by atoms with Crippen LogP contribution in [0.2, 0.25) is 10.2 Å². The Morgan fingerprint density at radius 3 is 2.73 bits per heavy atom. The molecule has 0 saturated heterocycles. The molecule has 1 aromatic carbocycles. The average Bonchev–Trinajstić information content (AvgIpc) is 2.57. The van der Waals surface area contributed by atoms with Crippen LogP contribution in [0.4, 0.5) is 0 Å². The van der Waals surface area contributed by atoms with Crippen molar-refractivity contribution in [3.05, 3.63) is 57.1 Å². The minimum Gasteiger partial charge on any atom is -0.352 e. The zero-order valence-corrected chi connectivity index (χ0v) is 15.7. The Kier molecular flexibility index (Phi) is 5.25. The number of amides is 1. The van der Waals surface area contributed by atoms with Gasteiger partial charge in [-0.25, -0.2) is 9.97 Å². The van der Waals surface area contributed by atoms with Crippen molar-refractivity contribution in [2.24, 2.45) is 0 Å². The number of carbonyl (C=O) groups excluding carboxylic acids is 1. The molecule has 0 fully saturated rings. The summed E-state index contributed by atoms with van der Waals surface area (Å²) in [5, 5.41) is 3.77. The van der Waals surface area contributed by atoms with Gasteiger partial charge >= 0.3 is 0 Å². The van der Waals surface area contributed by atoms with Crippen LogP contribution >= 0.6 is 23.2 Å². The molecule has 3 aromatic rings. The summed E-state index contributed by atoms with van der Waals surface area (Å²) < 4.78 is 1.32. The first kappa shape index (κ1) is 18.4. The second-order valence-electron chi connectivity index (χ2n) is 6.08. The summed E-state index contributed by atoms with van der Waals surface area (Å²) in [5.74, 6) is 0.0553. The standard InChI is InChI=1S/C18H16Cl2N4O2/c1-10(2)22-16(25)9-24-17(11-4-3-5-12(19)6-11)23-14-8-21-15(20)7-13(14)18(24)26/h3-8,10H,9H2,1-2H3,(H,22,25). The molecule has 0 bridgehead atoms. The van der Waals surface area contributed by atoms with Gasteiger partial charge in [0.05, 0.1) is 17.1 Å². The van der Waals surface area contributed by atoms with Crippen LogP contribution in [0.15, 0.2) is 41.3 Å². The van der Waals surface area contributed by atoms with E-state index in [1.54, 1.807) is 24.3 Å². The molecule has 6 nitrogen and oxygen atoms in total. The highest BCUT2D eigenvalue weighted by atomic mass is 35.5. The number of fused-ring (bicyclic) bond motifs is 1. The molecule has 26 heavy (non-hydrogen) atoms. The second-order valence-corrected chi connectivity index (χ2v) is 6.91. The minimum atomic E-state index is -0.367. The van der Waals surface area contributed by atoms with Gasteiger partial charge in [0.2, 0.25) is 5.91 Å². The third-order valence-corrected chi connectivity index (χ3v) is 4.08. The highest BCUT2D eigenvalue weighted by Gasteiger charge is 2.16. The molecule has 1 N–H and O–H groups in total. The molecule has 3 rings (SSSR count). The fourth-order valence-electron chi connectivity index (χ4n) is 2.60. The minimum absolute atomic E-state index is 0.0418. The Hall–Kier alpha value is -2.44. The first-order valence-electron chi connectivity index (χ1n) is 7.96. The fourth-order valence-corrected chi connectivity index (χ4v) is 2.95. The van der Waals surface area contributed by atoms with E-state index in [0.717, 1.165) is 0 Å². The van der Waals surface area contributed by atoms with Crippen molar-refractivity contribution >= 4 is 40.0 Å². The van der Waals surface area contributed by atoms with Crippen LogP contribution < -0.4 is 10.9 Å². The average molecular weight is 391 g/mol. The maximum absolute atomic E-state index is 13.0. The third-order valence-electron chi connectivity index (χ3n) is 3.64. The lowest BCUT2D eigenvalue weighted by Gasteiger charge is -2.15. The summed E-state index contributed by atoms with van der Waals surface area (Å²) in [6.45, 7) is 3.53. The van der Waals surface area contributed by atoms with E-state index in [0.29, 0.717) is 27.3 Å². The molecule has 1 amide bonds. The van der Waals surface area contributed by atoms with Gasteiger partial charge in [0.1, 0.15) is 17.5 Å². The van der Waals surface area contributed by atoms with Gasteiger partial charge in [0, 0.05) is 16.6 Å². The van der Waals surface area contributed by atoms with Crippen molar-refractivity contribution in [1.82, 2.24) is 19.9 Å². The summed E-state index contributed by atoms with van der Waals surface area (Å²) >= 11 is 12.0. The number of aromatic nitrogens is 3. The fraction of sp³-hybridized carbons (Fsp3) is 0.222. The Bertz CT molecular complexity index is 1050. The third kappa shape index (κ3) is 3.86. The van der Waals surface area contributed by atoms with E-state index in [4.69, 9.17) is 23.2 Å². The Morgan fingerprint density at radius 1 is 1.27 bits per heavy atom. The number of hydrogen-bond acceptors (Lipinski definition) is 4. The van der Waals surface area contributed by atoms with Crippen LogP contribution in [0.5, 0.6) is 0 Å². The Balaban J connectivity index is 2.23. The van der Waals surface area contributed by atoms with E-state index in [2.05, 4.69) is 15.3 Å². The molecule has 0 unspecified atom stereocenters. The van der Waals surface area contributed by atoms with Gasteiger partial charge in [-0.15, -0.1) is 0 Å². The molecule has 134 valence electrons. The number of rotatable bonds is 4. The lowest BCUT2D eigenvalue weighted by Crippen LogP contribution is -2.37. The second kappa shape index (κ2) is 7.43. The van der Waals surface area contributed by atoms with Crippen LogP contribution in [0.25, 0.3) is 22.3 Å². The van der Waals surface area contributed by atoms with E-state index >= 15 is 0 Å². The van der Waals surface area contributed by atoms with E-state index in [9.17, 15) is 9.59 Å². The molecule has 0 atom stereocenters. The molecule has 0 aliphatic carbocycles. The van der Waals surface area contributed by atoms with Crippen LogP contribution in [-0.4, -0.2) is 26.5 Å². The Labute approximate surface area is 159 Å². The smallest absolute Gasteiger partial charge is 0.262 e. The van der Waals surface area contributed by atoms with Gasteiger partial charge in [0.15, 0.2) is 0 Å². The number of benzene rings is 1. The number of halogens is 2. The number of nitrogens with one attached hydrogen (secondary N) is 1. The molecule has 0 spiro atoms. The number of carbonyl (C=O) groups is 1. The quantitative estimate of drug-likeness (QED) is 0.693. The maximum Gasteiger partial charge on any atom is 0.262 e. The molecule has 0 aliphatic rings. The number of nitrogens with zero attached hydrogens (tertiary/aromatic N) is 3. The van der Waals surface area contributed by atoms with Gasteiger partial charge in [-0.05, 0) is 32.0 Å². The van der Waals surface area contributed by atoms with Gasteiger partial charge in [-0.3, -0.25) is 14.2 Å². The van der Waals surface area contributed by atoms with Crippen LogP contribution in [0.3, 0.4) is 0 Å². The van der Waals surface area contributed by atoms with Gasteiger partial charge in [-0.2, -0.15) is 0 Å². The van der Waals surface area contributed by atoms with Crippen LogP contribution in [-0.2, 0) is 11.3 Å². The number of hydrogen-bond donors (Lipinski definition) is 1. The van der Waals surface area contributed by atoms with Crippen molar-refractivity contribution in [3.8, 4) is 11.4 Å². The lowest BCUT2D eigenvalue weighted by atomic mass is 10.2. The molecule has 8 heteroatoms. The highest BCUT2D eigenvalue weighted by molar-refractivity contribution is 6.31. The molecule has 2 heterocycles. The van der Waals surface area contributed by atoms with Gasteiger partial charge in [-0.1, -0.05) is 35.3 Å². The first-order valence-corrected chi connectivity index (χ1v) is 8.72. The molecule has 0 aliphatic heterocycles. The van der Waals surface area contributed by atoms with Crippen molar-refractivity contribution < 1.29 is 4.79 Å². The predicted molar refractivity (Wildman–Crippen MR) is 103 cm³/mol. The maximum atomic E-state index is 13.0. The van der Waals surface area contributed by atoms with Crippen molar-refractivity contribution in [3.63, 3.8) is 0 Å². The zero-order chi connectivity index (χ0) is 18.8. The normalized spacial score (nSPS) is 11.1. The van der Waals surface area contributed by atoms with Gasteiger partial charge in [0.25, 0.3) is 5.56 Å².